The molecule has 3 atom stereocenters. The number of aromatic nitrogens is 1. The van der Waals surface area contributed by atoms with E-state index < -0.39 is 0 Å². The Kier molecular flexibility index (Phi) is 4.24. The van der Waals surface area contributed by atoms with E-state index in [4.69, 9.17) is 9.26 Å². The number of aryl methyl sites for hydroxylation is 2. The van der Waals surface area contributed by atoms with Gasteiger partial charge in [-0.15, -0.1) is 0 Å². The quantitative estimate of drug-likeness (QED) is 0.879. The standard InChI is InChI=1S/C19H21N3O4/c1-10-3-4-12(18(23)21-15-9-17-13(15)5-6-25-17)8-14(10)20-19(24)16-7-11(2)26-22-16/h3-4,7-8,13,15,17H,5-6,9H2,1-2H3,(H,20,24)(H,21,23)/t13-,15+,17+/m0/s1. The van der Waals surface area contributed by atoms with Crippen molar-refractivity contribution in [2.24, 2.45) is 5.92 Å². The summed E-state index contributed by atoms with van der Waals surface area (Å²) in [6.45, 7) is 4.38. The molecule has 2 fully saturated rings. The van der Waals surface area contributed by atoms with Crippen molar-refractivity contribution >= 4 is 17.5 Å². The minimum atomic E-state index is -0.368. The van der Waals surface area contributed by atoms with Gasteiger partial charge in [0.15, 0.2) is 5.69 Å². The predicted octanol–water partition coefficient (Wildman–Crippen LogP) is 2.45. The fourth-order valence-electron chi connectivity index (χ4n) is 3.57. The molecule has 2 aromatic rings. The monoisotopic (exact) mass is 355 g/mol. The summed E-state index contributed by atoms with van der Waals surface area (Å²) >= 11 is 0. The summed E-state index contributed by atoms with van der Waals surface area (Å²) in [5, 5.41) is 9.58. The number of nitrogens with one attached hydrogen (secondary N) is 2. The molecular formula is C19H21N3O4. The number of hydrogen-bond acceptors (Lipinski definition) is 5. The normalized spacial score (nSPS) is 23.8. The molecule has 136 valence electrons. The molecule has 1 aliphatic heterocycles. The second-order valence-corrected chi connectivity index (χ2v) is 6.98. The van der Waals surface area contributed by atoms with Gasteiger partial charge in [-0.3, -0.25) is 9.59 Å². The predicted molar refractivity (Wildman–Crippen MR) is 94.1 cm³/mol. The van der Waals surface area contributed by atoms with E-state index in [2.05, 4.69) is 15.8 Å². The molecule has 2 amide bonds. The van der Waals surface area contributed by atoms with Gasteiger partial charge in [0, 0.05) is 35.9 Å². The van der Waals surface area contributed by atoms with E-state index in [1.54, 1.807) is 25.1 Å². The van der Waals surface area contributed by atoms with E-state index in [1.807, 2.05) is 13.0 Å². The van der Waals surface area contributed by atoms with Crippen LogP contribution in [0.2, 0.25) is 0 Å². The number of benzene rings is 1. The summed E-state index contributed by atoms with van der Waals surface area (Å²) in [7, 11) is 0. The summed E-state index contributed by atoms with van der Waals surface area (Å²) in [4.78, 5) is 24.8. The minimum Gasteiger partial charge on any atom is -0.378 e. The maximum absolute atomic E-state index is 12.6. The van der Waals surface area contributed by atoms with Gasteiger partial charge < -0.3 is 19.9 Å². The van der Waals surface area contributed by atoms with Crippen LogP contribution in [-0.4, -0.2) is 35.7 Å². The van der Waals surface area contributed by atoms with Crippen molar-refractivity contribution in [2.75, 3.05) is 11.9 Å². The van der Waals surface area contributed by atoms with Gasteiger partial charge in [0.25, 0.3) is 11.8 Å². The van der Waals surface area contributed by atoms with Crippen LogP contribution in [0.4, 0.5) is 5.69 Å². The summed E-state index contributed by atoms with van der Waals surface area (Å²) in [5.74, 6) is 0.495. The molecule has 4 rings (SSSR count). The lowest BCUT2D eigenvalue weighted by Crippen LogP contribution is -2.53. The number of rotatable bonds is 4. The Morgan fingerprint density at radius 2 is 2.04 bits per heavy atom. The second kappa shape index (κ2) is 6.57. The Bertz CT molecular complexity index is 860. The van der Waals surface area contributed by atoms with Crippen LogP contribution in [0.1, 0.15) is 45.0 Å². The summed E-state index contributed by atoms with van der Waals surface area (Å²) in [6.07, 6.45) is 2.18. The van der Waals surface area contributed by atoms with Crippen LogP contribution in [-0.2, 0) is 4.74 Å². The largest absolute Gasteiger partial charge is 0.378 e. The highest BCUT2D eigenvalue weighted by molar-refractivity contribution is 6.04. The summed E-state index contributed by atoms with van der Waals surface area (Å²) in [6, 6.07) is 7.02. The molecule has 2 N–H and O–H groups in total. The summed E-state index contributed by atoms with van der Waals surface area (Å²) < 4.78 is 10.5. The molecule has 1 aromatic carbocycles. The van der Waals surface area contributed by atoms with Crippen LogP contribution in [0.25, 0.3) is 0 Å². The molecule has 7 nitrogen and oxygen atoms in total. The molecule has 0 bridgehead atoms. The highest BCUT2D eigenvalue weighted by Gasteiger charge is 2.45. The van der Waals surface area contributed by atoms with E-state index in [0.717, 1.165) is 25.0 Å². The Balaban J connectivity index is 1.45. The molecular weight excluding hydrogens is 334 g/mol. The smallest absolute Gasteiger partial charge is 0.277 e. The fraction of sp³-hybridized carbons (Fsp3) is 0.421. The zero-order valence-electron chi connectivity index (χ0n) is 14.7. The zero-order chi connectivity index (χ0) is 18.3. The number of amides is 2. The van der Waals surface area contributed by atoms with Gasteiger partial charge in [-0.1, -0.05) is 11.2 Å². The van der Waals surface area contributed by atoms with Crippen LogP contribution in [0.15, 0.2) is 28.8 Å². The molecule has 0 spiro atoms. The highest BCUT2D eigenvalue weighted by atomic mass is 16.5. The third-order valence-corrected chi connectivity index (χ3v) is 5.19. The van der Waals surface area contributed by atoms with Gasteiger partial charge in [0.1, 0.15) is 5.76 Å². The van der Waals surface area contributed by atoms with E-state index in [9.17, 15) is 9.59 Å². The van der Waals surface area contributed by atoms with Gasteiger partial charge >= 0.3 is 0 Å². The summed E-state index contributed by atoms with van der Waals surface area (Å²) in [5.41, 5.74) is 2.17. The first-order chi connectivity index (χ1) is 12.5. The number of fused-ring (bicyclic) bond motifs is 1. The first kappa shape index (κ1) is 16.8. The van der Waals surface area contributed by atoms with Gasteiger partial charge in [-0.05, 0) is 44.4 Å². The van der Waals surface area contributed by atoms with E-state index in [-0.39, 0.29) is 23.6 Å². The number of nitrogens with zero attached hydrogens (tertiary/aromatic N) is 1. The van der Waals surface area contributed by atoms with Crippen molar-refractivity contribution in [1.29, 1.82) is 0 Å². The molecule has 0 unspecified atom stereocenters. The van der Waals surface area contributed by atoms with Crippen molar-refractivity contribution < 1.29 is 18.8 Å². The maximum atomic E-state index is 12.6. The lowest BCUT2D eigenvalue weighted by Gasteiger charge is -2.39. The van der Waals surface area contributed by atoms with Crippen LogP contribution < -0.4 is 10.6 Å². The second-order valence-electron chi connectivity index (χ2n) is 6.98. The molecule has 2 heterocycles. The van der Waals surface area contributed by atoms with Crippen LogP contribution in [0.5, 0.6) is 0 Å². The van der Waals surface area contributed by atoms with E-state index >= 15 is 0 Å². The van der Waals surface area contributed by atoms with Gasteiger partial charge in [0.2, 0.25) is 0 Å². The first-order valence-electron chi connectivity index (χ1n) is 8.79. The average molecular weight is 355 g/mol. The minimum absolute atomic E-state index is 0.131. The molecule has 2 aliphatic rings. The Labute approximate surface area is 151 Å². The molecule has 7 heteroatoms. The number of carbonyl (C=O) groups excluding carboxylic acids is 2. The molecule has 1 saturated heterocycles. The van der Waals surface area contributed by atoms with Gasteiger partial charge in [-0.25, -0.2) is 0 Å². The maximum Gasteiger partial charge on any atom is 0.277 e. The third kappa shape index (κ3) is 3.10. The molecule has 0 radical (unpaired) electrons. The highest BCUT2D eigenvalue weighted by Crippen LogP contribution is 2.38. The van der Waals surface area contributed by atoms with Gasteiger partial charge in [-0.2, -0.15) is 0 Å². The fourth-order valence-corrected chi connectivity index (χ4v) is 3.57. The molecule has 26 heavy (non-hydrogen) atoms. The van der Waals surface area contributed by atoms with Crippen molar-refractivity contribution in [3.8, 4) is 0 Å². The first-order valence-corrected chi connectivity index (χ1v) is 8.79. The molecule has 1 saturated carbocycles. The zero-order valence-corrected chi connectivity index (χ0v) is 14.7. The van der Waals surface area contributed by atoms with Crippen LogP contribution >= 0.6 is 0 Å². The van der Waals surface area contributed by atoms with Crippen LogP contribution in [0.3, 0.4) is 0 Å². The SMILES string of the molecule is Cc1cc(C(=O)Nc2cc(C(=O)N[C@@H]3C[C@H]4OCC[C@@H]34)ccc2C)no1. The van der Waals surface area contributed by atoms with Crippen molar-refractivity contribution in [3.63, 3.8) is 0 Å². The Morgan fingerprint density at radius 1 is 1.19 bits per heavy atom. The van der Waals surface area contributed by atoms with Gasteiger partial charge in [0.05, 0.1) is 6.10 Å². The molecule has 1 aromatic heterocycles. The average Bonchev–Trinajstić information content (AvgIpc) is 3.20. The van der Waals surface area contributed by atoms with Crippen molar-refractivity contribution in [3.05, 3.63) is 46.8 Å². The lowest BCUT2D eigenvalue weighted by atomic mass is 9.76. The van der Waals surface area contributed by atoms with E-state index in [0.29, 0.717) is 29.0 Å². The number of anilines is 1. The van der Waals surface area contributed by atoms with E-state index in [1.165, 1.54) is 0 Å². The topological polar surface area (TPSA) is 93.5 Å². The number of hydrogen-bond donors (Lipinski definition) is 2. The third-order valence-electron chi connectivity index (χ3n) is 5.19. The Hall–Kier alpha value is -2.67. The van der Waals surface area contributed by atoms with Crippen molar-refractivity contribution in [2.45, 2.75) is 38.8 Å². The Morgan fingerprint density at radius 3 is 2.77 bits per heavy atom. The molecule has 1 aliphatic carbocycles. The van der Waals surface area contributed by atoms with Crippen LogP contribution in [0, 0.1) is 19.8 Å². The number of ether oxygens (including phenoxy) is 1. The lowest BCUT2D eigenvalue weighted by molar-refractivity contribution is 0.00809. The number of carbonyl (C=O) groups is 2. The van der Waals surface area contributed by atoms with Crippen molar-refractivity contribution in [1.82, 2.24) is 10.5 Å².